The van der Waals surface area contributed by atoms with Crippen LogP contribution < -0.4 is 0 Å². The van der Waals surface area contributed by atoms with Gasteiger partial charge in [0.2, 0.25) is 11.8 Å². The van der Waals surface area contributed by atoms with Gasteiger partial charge in [0.1, 0.15) is 0 Å². The van der Waals surface area contributed by atoms with Gasteiger partial charge in [0.05, 0.1) is 12.5 Å². The van der Waals surface area contributed by atoms with Crippen molar-refractivity contribution in [1.82, 2.24) is 14.7 Å². The second-order valence-corrected chi connectivity index (χ2v) is 7.17. The highest BCUT2D eigenvalue weighted by Gasteiger charge is 2.36. The third-order valence-corrected chi connectivity index (χ3v) is 5.29. The van der Waals surface area contributed by atoms with E-state index in [0.717, 1.165) is 32.7 Å². The first kappa shape index (κ1) is 19.6. The van der Waals surface area contributed by atoms with Gasteiger partial charge in [0.15, 0.2) is 0 Å². The zero-order chi connectivity index (χ0) is 19.1. The average Bonchev–Trinajstić information content (AvgIpc) is 3.08. The summed E-state index contributed by atoms with van der Waals surface area (Å²) in [7, 11) is 1.62. The lowest BCUT2D eigenvalue weighted by Gasteiger charge is -2.35. The highest BCUT2D eigenvalue weighted by molar-refractivity contribution is 5.89. The zero-order valence-electron chi connectivity index (χ0n) is 16.0. The minimum Gasteiger partial charge on any atom is -0.383 e. The molecule has 1 unspecified atom stereocenters. The Bertz CT molecular complexity index is 654. The summed E-state index contributed by atoms with van der Waals surface area (Å²) in [6.07, 6.45) is 4.65. The van der Waals surface area contributed by atoms with Crippen molar-refractivity contribution in [2.75, 3.05) is 59.5 Å². The van der Waals surface area contributed by atoms with Crippen LogP contribution in [0.5, 0.6) is 0 Å². The van der Waals surface area contributed by atoms with Crippen LogP contribution in [0, 0.1) is 5.92 Å². The standard InChI is InChI=1S/C21H29N3O3/c1-27-15-14-24-17-19(16-20(24)25)21(26)23-12-10-22(11-13-23)9-5-8-18-6-3-2-4-7-18/h2-8,19H,9-17H2,1H3/b8-5+. The van der Waals surface area contributed by atoms with Crippen molar-refractivity contribution in [3.63, 3.8) is 0 Å². The molecule has 27 heavy (non-hydrogen) atoms. The molecule has 0 radical (unpaired) electrons. The Hall–Kier alpha value is -2.18. The summed E-state index contributed by atoms with van der Waals surface area (Å²) in [5.41, 5.74) is 1.20. The van der Waals surface area contributed by atoms with Gasteiger partial charge in [-0.1, -0.05) is 42.5 Å². The van der Waals surface area contributed by atoms with Crippen molar-refractivity contribution in [2.24, 2.45) is 5.92 Å². The molecule has 0 aliphatic carbocycles. The van der Waals surface area contributed by atoms with E-state index in [1.807, 2.05) is 23.1 Å². The van der Waals surface area contributed by atoms with Crippen LogP contribution >= 0.6 is 0 Å². The van der Waals surface area contributed by atoms with Crippen molar-refractivity contribution < 1.29 is 14.3 Å². The molecule has 6 nitrogen and oxygen atoms in total. The van der Waals surface area contributed by atoms with Crippen molar-refractivity contribution >= 4 is 17.9 Å². The molecule has 0 spiro atoms. The number of benzene rings is 1. The van der Waals surface area contributed by atoms with Crippen LogP contribution in [0.25, 0.3) is 6.08 Å². The molecule has 6 heteroatoms. The topological polar surface area (TPSA) is 53.1 Å². The van der Waals surface area contributed by atoms with Crippen LogP contribution in [0.3, 0.4) is 0 Å². The van der Waals surface area contributed by atoms with Crippen LogP contribution in [-0.4, -0.2) is 86.0 Å². The van der Waals surface area contributed by atoms with E-state index in [9.17, 15) is 9.59 Å². The minimum atomic E-state index is -0.195. The van der Waals surface area contributed by atoms with Crippen molar-refractivity contribution in [1.29, 1.82) is 0 Å². The molecule has 2 aliphatic rings. The van der Waals surface area contributed by atoms with Crippen molar-refractivity contribution in [2.45, 2.75) is 6.42 Å². The molecule has 2 saturated heterocycles. The maximum atomic E-state index is 12.8. The Balaban J connectivity index is 1.42. The van der Waals surface area contributed by atoms with Gasteiger partial charge in [0.25, 0.3) is 0 Å². The van der Waals surface area contributed by atoms with Crippen molar-refractivity contribution in [3.8, 4) is 0 Å². The largest absolute Gasteiger partial charge is 0.383 e. The number of hydrogen-bond acceptors (Lipinski definition) is 4. The van der Waals surface area contributed by atoms with Gasteiger partial charge >= 0.3 is 0 Å². The molecule has 0 N–H and O–H groups in total. The number of hydrogen-bond donors (Lipinski definition) is 0. The van der Waals surface area contributed by atoms with E-state index in [-0.39, 0.29) is 17.7 Å². The number of carbonyl (C=O) groups excluding carboxylic acids is 2. The number of piperazine rings is 1. The predicted molar refractivity (Wildman–Crippen MR) is 105 cm³/mol. The molecule has 0 bridgehead atoms. The van der Waals surface area contributed by atoms with Crippen LogP contribution in [0.1, 0.15) is 12.0 Å². The summed E-state index contributed by atoms with van der Waals surface area (Å²) < 4.78 is 5.04. The SMILES string of the molecule is COCCN1CC(C(=O)N2CCN(C/C=C/c3ccccc3)CC2)CC1=O. The van der Waals surface area contributed by atoms with E-state index in [1.165, 1.54) is 5.56 Å². The van der Waals surface area contributed by atoms with E-state index >= 15 is 0 Å². The Morgan fingerprint density at radius 3 is 2.63 bits per heavy atom. The van der Waals surface area contributed by atoms with Gasteiger partial charge in [-0.05, 0) is 5.56 Å². The monoisotopic (exact) mass is 371 g/mol. The molecule has 0 saturated carbocycles. The van der Waals surface area contributed by atoms with Gasteiger partial charge in [-0.2, -0.15) is 0 Å². The fourth-order valence-corrected chi connectivity index (χ4v) is 3.67. The molecule has 0 aromatic heterocycles. The summed E-state index contributed by atoms with van der Waals surface area (Å²) in [6, 6.07) is 10.3. The summed E-state index contributed by atoms with van der Waals surface area (Å²) in [6.45, 7) is 5.73. The normalized spacial score (nSPS) is 21.4. The maximum Gasteiger partial charge on any atom is 0.228 e. The van der Waals surface area contributed by atoms with Crippen LogP contribution in [0.15, 0.2) is 36.4 Å². The highest BCUT2D eigenvalue weighted by Crippen LogP contribution is 2.20. The third kappa shape index (κ3) is 5.40. The number of ether oxygens (including phenoxy) is 1. The van der Waals surface area contributed by atoms with E-state index < -0.39 is 0 Å². The summed E-state index contributed by atoms with van der Waals surface area (Å²) in [4.78, 5) is 30.8. The van der Waals surface area contributed by atoms with Crippen LogP contribution in [0.4, 0.5) is 0 Å². The molecular formula is C21H29N3O3. The first-order chi connectivity index (χ1) is 13.2. The first-order valence-corrected chi connectivity index (χ1v) is 9.67. The predicted octanol–water partition coefficient (Wildman–Crippen LogP) is 1.34. The lowest BCUT2D eigenvalue weighted by Crippen LogP contribution is -2.50. The molecule has 146 valence electrons. The third-order valence-electron chi connectivity index (χ3n) is 5.29. The molecule has 1 atom stereocenters. The van der Waals surface area contributed by atoms with Crippen LogP contribution in [0.2, 0.25) is 0 Å². The lowest BCUT2D eigenvalue weighted by atomic mass is 10.1. The minimum absolute atomic E-state index is 0.0649. The molecular weight excluding hydrogens is 342 g/mol. The Kier molecular flexibility index (Phi) is 7.01. The molecule has 2 amide bonds. The van der Waals surface area contributed by atoms with Crippen molar-refractivity contribution in [3.05, 3.63) is 42.0 Å². The first-order valence-electron chi connectivity index (χ1n) is 9.67. The lowest BCUT2D eigenvalue weighted by molar-refractivity contribution is -0.137. The van der Waals surface area contributed by atoms with E-state index in [1.54, 1.807) is 12.0 Å². The summed E-state index contributed by atoms with van der Waals surface area (Å²) >= 11 is 0. The second kappa shape index (κ2) is 9.67. The molecule has 1 aromatic rings. The molecule has 2 aliphatic heterocycles. The number of methoxy groups -OCH3 is 1. The zero-order valence-corrected chi connectivity index (χ0v) is 16.0. The van der Waals surface area contributed by atoms with Gasteiger partial charge in [-0.25, -0.2) is 0 Å². The summed E-state index contributed by atoms with van der Waals surface area (Å²) in [5.74, 6) is -0.00304. The van der Waals surface area contributed by atoms with E-state index in [2.05, 4.69) is 29.2 Å². The quantitative estimate of drug-likeness (QED) is 0.726. The number of carbonyl (C=O) groups is 2. The van der Waals surface area contributed by atoms with E-state index in [0.29, 0.717) is 26.1 Å². The number of nitrogens with zero attached hydrogens (tertiary/aromatic N) is 3. The number of likely N-dealkylation sites (tertiary alicyclic amines) is 1. The maximum absolute atomic E-state index is 12.8. The molecule has 1 aromatic carbocycles. The Morgan fingerprint density at radius 1 is 1.19 bits per heavy atom. The van der Waals surface area contributed by atoms with Crippen LogP contribution in [-0.2, 0) is 14.3 Å². The molecule has 3 rings (SSSR count). The average molecular weight is 371 g/mol. The fraction of sp³-hybridized carbons (Fsp3) is 0.524. The number of amides is 2. The van der Waals surface area contributed by atoms with Gasteiger partial charge in [-0.15, -0.1) is 0 Å². The van der Waals surface area contributed by atoms with Gasteiger partial charge < -0.3 is 14.5 Å². The van der Waals surface area contributed by atoms with Gasteiger partial charge in [-0.3, -0.25) is 14.5 Å². The fourth-order valence-electron chi connectivity index (χ4n) is 3.67. The molecule has 2 fully saturated rings. The highest BCUT2D eigenvalue weighted by atomic mass is 16.5. The Labute approximate surface area is 161 Å². The Morgan fingerprint density at radius 2 is 1.93 bits per heavy atom. The smallest absolute Gasteiger partial charge is 0.228 e. The summed E-state index contributed by atoms with van der Waals surface area (Å²) in [5, 5.41) is 0. The second-order valence-electron chi connectivity index (χ2n) is 7.17. The van der Waals surface area contributed by atoms with Gasteiger partial charge in [0, 0.05) is 59.3 Å². The van der Waals surface area contributed by atoms with E-state index in [4.69, 9.17) is 4.74 Å². The molecule has 2 heterocycles. The number of rotatable bonds is 7.